The van der Waals surface area contributed by atoms with Crippen LogP contribution >= 0.6 is 0 Å². The van der Waals surface area contributed by atoms with E-state index < -0.39 is 11.8 Å². The number of carbonyl (C=O) groups excluding carboxylic acids is 2. The van der Waals surface area contributed by atoms with Crippen molar-refractivity contribution >= 4 is 23.2 Å². The minimum absolute atomic E-state index is 0.220. The van der Waals surface area contributed by atoms with Gasteiger partial charge in [0.15, 0.2) is 0 Å². The number of anilines is 2. The third-order valence-corrected chi connectivity index (χ3v) is 5.19. The number of nitrogens with one attached hydrogen (secondary N) is 2. The Hall–Kier alpha value is -2.93. The second-order valence-electron chi connectivity index (χ2n) is 7.75. The van der Waals surface area contributed by atoms with Crippen LogP contribution in [0.3, 0.4) is 0 Å². The van der Waals surface area contributed by atoms with E-state index in [0.29, 0.717) is 12.2 Å². The summed E-state index contributed by atoms with van der Waals surface area (Å²) in [4.78, 5) is 28.7. The van der Waals surface area contributed by atoms with E-state index in [1.807, 2.05) is 44.2 Å². The molecule has 0 radical (unpaired) electrons. The van der Waals surface area contributed by atoms with Crippen LogP contribution in [0.1, 0.15) is 17.5 Å². The van der Waals surface area contributed by atoms with E-state index in [1.54, 1.807) is 0 Å². The van der Waals surface area contributed by atoms with Gasteiger partial charge >= 0.3 is 11.8 Å². The van der Waals surface area contributed by atoms with Crippen LogP contribution in [0.25, 0.3) is 0 Å². The number of piperazine rings is 1. The maximum Gasteiger partial charge on any atom is 0.313 e. The summed E-state index contributed by atoms with van der Waals surface area (Å²) in [6.45, 7) is 8.81. The first-order valence-corrected chi connectivity index (χ1v) is 10.3. The number of hydrogen-bond acceptors (Lipinski definition) is 4. The van der Waals surface area contributed by atoms with Gasteiger partial charge in [-0.05, 0) is 74.3 Å². The highest BCUT2D eigenvalue weighted by Gasteiger charge is 2.17. The molecule has 30 heavy (non-hydrogen) atoms. The zero-order valence-corrected chi connectivity index (χ0v) is 17.6. The molecule has 0 bridgehead atoms. The Bertz CT molecular complexity index is 857. The number of carbonyl (C=O) groups is 2. The van der Waals surface area contributed by atoms with E-state index in [2.05, 4.69) is 20.4 Å². The quantitative estimate of drug-likeness (QED) is 0.566. The summed E-state index contributed by atoms with van der Waals surface area (Å²) < 4.78 is 13.1. The summed E-state index contributed by atoms with van der Waals surface area (Å²) in [7, 11) is 0. The number of aryl methyl sites for hydroxylation is 2. The Kier molecular flexibility index (Phi) is 7.41. The molecule has 1 fully saturated rings. The average molecular weight is 413 g/mol. The zero-order valence-electron chi connectivity index (χ0n) is 17.6. The third-order valence-electron chi connectivity index (χ3n) is 5.19. The molecule has 1 aliphatic rings. The highest BCUT2D eigenvalue weighted by Crippen LogP contribution is 2.17. The molecule has 2 N–H and O–H groups in total. The third kappa shape index (κ3) is 6.29. The van der Waals surface area contributed by atoms with Gasteiger partial charge in [-0.25, -0.2) is 4.39 Å². The van der Waals surface area contributed by atoms with E-state index in [0.717, 1.165) is 56.0 Å². The van der Waals surface area contributed by atoms with Gasteiger partial charge in [-0.2, -0.15) is 0 Å². The van der Waals surface area contributed by atoms with Crippen LogP contribution in [-0.4, -0.2) is 56.0 Å². The van der Waals surface area contributed by atoms with Crippen molar-refractivity contribution in [3.63, 3.8) is 0 Å². The Morgan fingerprint density at radius 1 is 0.933 bits per heavy atom. The zero-order chi connectivity index (χ0) is 21.5. The molecule has 160 valence electrons. The van der Waals surface area contributed by atoms with Gasteiger partial charge in [-0.3, -0.25) is 14.5 Å². The lowest BCUT2D eigenvalue weighted by Gasteiger charge is -2.36. The van der Waals surface area contributed by atoms with Crippen molar-refractivity contribution < 1.29 is 14.0 Å². The lowest BCUT2D eigenvalue weighted by Crippen LogP contribution is -2.47. The molecule has 0 aliphatic carbocycles. The van der Waals surface area contributed by atoms with Crippen LogP contribution in [0.2, 0.25) is 0 Å². The predicted octanol–water partition coefficient (Wildman–Crippen LogP) is 2.71. The number of rotatable bonds is 6. The molecule has 2 aromatic carbocycles. The lowest BCUT2D eigenvalue weighted by atomic mass is 10.1. The highest BCUT2D eigenvalue weighted by molar-refractivity contribution is 6.39. The Balaban J connectivity index is 1.33. The first-order valence-electron chi connectivity index (χ1n) is 10.3. The van der Waals surface area contributed by atoms with E-state index in [9.17, 15) is 14.0 Å². The van der Waals surface area contributed by atoms with Crippen molar-refractivity contribution in [2.24, 2.45) is 0 Å². The fourth-order valence-corrected chi connectivity index (χ4v) is 3.70. The smallest absolute Gasteiger partial charge is 0.313 e. The van der Waals surface area contributed by atoms with Gasteiger partial charge in [0.1, 0.15) is 5.82 Å². The highest BCUT2D eigenvalue weighted by atomic mass is 19.1. The van der Waals surface area contributed by atoms with Crippen LogP contribution in [0, 0.1) is 19.7 Å². The number of benzene rings is 2. The molecule has 6 nitrogen and oxygen atoms in total. The van der Waals surface area contributed by atoms with Crippen LogP contribution in [0.5, 0.6) is 0 Å². The molecule has 3 rings (SSSR count). The maximum absolute atomic E-state index is 13.1. The second-order valence-corrected chi connectivity index (χ2v) is 7.75. The SMILES string of the molecule is Cc1cc(C)cc(NC(=O)C(=O)NCCCN2CCN(c3ccc(F)cc3)CC2)c1. The molecule has 0 saturated carbocycles. The normalized spacial score (nSPS) is 14.4. The van der Waals surface area contributed by atoms with E-state index >= 15 is 0 Å². The van der Waals surface area contributed by atoms with Gasteiger partial charge in [-0.15, -0.1) is 0 Å². The van der Waals surface area contributed by atoms with Crippen molar-refractivity contribution in [3.8, 4) is 0 Å². The van der Waals surface area contributed by atoms with Crippen LogP contribution in [0.4, 0.5) is 15.8 Å². The lowest BCUT2D eigenvalue weighted by molar-refractivity contribution is -0.136. The van der Waals surface area contributed by atoms with Gasteiger partial charge < -0.3 is 15.5 Å². The summed E-state index contributed by atoms with van der Waals surface area (Å²) in [6.07, 6.45) is 0.777. The molecule has 0 unspecified atom stereocenters. The van der Waals surface area contributed by atoms with E-state index in [4.69, 9.17) is 0 Å². The van der Waals surface area contributed by atoms with E-state index in [1.165, 1.54) is 12.1 Å². The molecular formula is C23H29FN4O2. The van der Waals surface area contributed by atoms with Crippen molar-refractivity contribution in [1.82, 2.24) is 10.2 Å². The topological polar surface area (TPSA) is 64.7 Å². The van der Waals surface area contributed by atoms with Crippen LogP contribution in [-0.2, 0) is 9.59 Å². The number of hydrogen-bond donors (Lipinski definition) is 2. The molecular weight excluding hydrogens is 383 g/mol. The van der Waals surface area contributed by atoms with Gasteiger partial charge in [0.25, 0.3) is 0 Å². The van der Waals surface area contributed by atoms with Gasteiger partial charge in [0.2, 0.25) is 0 Å². The molecule has 2 amide bonds. The Morgan fingerprint density at radius 2 is 1.57 bits per heavy atom. The molecule has 0 aromatic heterocycles. The summed E-state index contributed by atoms with van der Waals surface area (Å²) in [5.74, 6) is -1.48. The molecule has 2 aromatic rings. The first kappa shape index (κ1) is 21.8. The molecule has 1 saturated heterocycles. The average Bonchev–Trinajstić information content (AvgIpc) is 2.71. The summed E-state index contributed by atoms with van der Waals surface area (Å²) >= 11 is 0. The predicted molar refractivity (Wildman–Crippen MR) is 117 cm³/mol. The van der Waals surface area contributed by atoms with Crippen molar-refractivity contribution in [1.29, 1.82) is 0 Å². The second kappa shape index (κ2) is 10.2. The van der Waals surface area contributed by atoms with Crippen LogP contribution in [0.15, 0.2) is 42.5 Å². The Labute approximate surface area is 177 Å². The number of nitrogens with zero attached hydrogens (tertiary/aromatic N) is 2. The summed E-state index contributed by atoms with van der Waals surface area (Å²) in [5, 5.41) is 5.33. The van der Waals surface area contributed by atoms with Crippen LogP contribution < -0.4 is 15.5 Å². The van der Waals surface area contributed by atoms with Gasteiger partial charge in [0, 0.05) is 44.1 Å². The fraction of sp³-hybridized carbons (Fsp3) is 0.391. The minimum Gasteiger partial charge on any atom is -0.369 e. The molecule has 1 heterocycles. The molecule has 0 spiro atoms. The largest absolute Gasteiger partial charge is 0.369 e. The summed E-state index contributed by atoms with van der Waals surface area (Å²) in [6, 6.07) is 12.3. The maximum atomic E-state index is 13.1. The number of halogens is 1. The van der Waals surface area contributed by atoms with Gasteiger partial charge in [0.05, 0.1) is 0 Å². The fourth-order valence-electron chi connectivity index (χ4n) is 3.70. The Morgan fingerprint density at radius 3 is 2.20 bits per heavy atom. The molecule has 1 aliphatic heterocycles. The molecule has 7 heteroatoms. The monoisotopic (exact) mass is 412 g/mol. The standard InChI is InChI=1S/C23H29FN4O2/c1-17-14-18(2)16-20(15-17)26-23(30)22(29)25-8-3-9-27-10-12-28(13-11-27)21-6-4-19(24)5-7-21/h4-7,14-16H,3,8-13H2,1-2H3,(H,25,29)(H,26,30). The van der Waals surface area contributed by atoms with Crippen molar-refractivity contribution in [2.45, 2.75) is 20.3 Å². The minimum atomic E-state index is -0.645. The van der Waals surface area contributed by atoms with Gasteiger partial charge in [-0.1, -0.05) is 6.07 Å². The first-order chi connectivity index (χ1) is 14.4. The van der Waals surface area contributed by atoms with Crippen molar-refractivity contribution in [2.75, 3.05) is 49.5 Å². The molecule has 0 atom stereocenters. The van der Waals surface area contributed by atoms with E-state index in [-0.39, 0.29) is 5.82 Å². The number of amides is 2. The van der Waals surface area contributed by atoms with Crippen molar-refractivity contribution in [3.05, 3.63) is 59.4 Å². The summed E-state index contributed by atoms with van der Waals surface area (Å²) in [5.41, 5.74) is 3.74.